The number of nitrogens with one attached hydrogen (secondary N) is 3. The summed E-state index contributed by atoms with van der Waals surface area (Å²) >= 11 is 7.16. The third kappa shape index (κ3) is 4.52. The van der Waals surface area contributed by atoms with Crippen LogP contribution in [-0.2, 0) is 4.79 Å². The molecule has 0 saturated carbocycles. The number of hydrogen-bond acceptors (Lipinski definition) is 5. The lowest BCUT2D eigenvalue weighted by Crippen LogP contribution is -2.32. The standard InChI is InChI=1S/C17H14ClN5O3S/c18-11-4-2-1-3-10(11)16(26)21-7-14(24)23-17-22-13(8-27-17)9-5-12(15(19)25)20-6-9/h1-6,8,20H,7H2,(H2,19,25)(H,21,26)(H,22,23,24). The summed E-state index contributed by atoms with van der Waals surface area (Å²) in [5.41, 5.74) is 7.02. The molecule has 0 aliphatic carbocycles. The molecule has 1 aromatic carbocycles. The van der Waals surface area contributed by atoms with Crippen molar-refractivity contribution in [2.75, 3.05) is 11.9 Å². The van der Waals surface area contributed by atoms with E-state index in [0.717, 1.165) is 0 Å². The Balaban J connectivity index is 1.57. The molecule has 3 rings (SSSR count). The maximum Gasteiger partial charge on any atom is 0.265 e. The first-order valence-corrected chi connectivity index (χ1v) is 8.96. The topological polar surface area (TPSA) is 130 Å². The molecule has 27 heavy (non-hydrogen) atoms. The van der Waals surface area contributed by atoms with Crippen LogP contribution in [0.5, 0.6) is 0 Å². The Hall–Kier alpha value is -3.17. The van der Waals surface area contributed by atoms with Gasteiger partial charge in [-0.05, 0) is 18.2 Å². The van der Waals surface area contributed by atoms with Crippen LogP contribution in [0.4, 0.5) is 5.13 Å². The van der Waals surface area contributed by atoms with Gasteiger partial charge in [0.1, 0.15) is 5.69 Å². The quantitative estimate of drug-likeness (QED) is 0.502. The zero-order chi connectivity index (χ0) is 19.4. The van der Waals surface area contributed by atoms with Gasteiger partial charge in [-0.2, -0.15) is 0 Å². The predicted octanol–water partition coefficient (Wildman–Crippen LogP) is 2.26. The summed E-state index contributed by atoms with van der Waals surface area (Å²) in [6.07, 6.45) is 1.60. The number of nitrogens with zero attached hydrogens (tertiary/aromatic N) is 1. The Morgan fingerprint density at radius 1 is 1.26 bits per heavy atom. The summed E-state index contributed by atoms with van der Waals surface area (Å²) in [7, 11) is 0. The second-order valence-corrected chi connectivity index (χ2v) is 6.68. The summed E-state index contributed by atoms with van der Waals surface area (Å²) in [5.74, 6) is -1.44. The van der Waals surface area contributed by atoms with Gasteiger partial charge in [0.25, 0.3) is 11.8 Å². The van der Waals surface area contributed by atoms with Gasteiger partial charge in [0.2, 0.25) is 5.91 Å². The van der Waals surface area contributed by atoms with Crippen LogP contribution in [0.2, 0.25) is 5.02 Å². The zero-order valence-corrected chi connectivity index (χ0v) is 15.4. The molecular weight excluding hydrogens is 390 g/mol. The highest BCUT2D eigenvalue weighted by Gasteiger charge is 2.13. The van der Waals surface area contributed by atoms with Crippen LogP contribution >= 0.6 is 22.9 Å². The number of primary amides is 1. The molecule has 0 aliphatic heterocycles. The van der Waals surface area contributed by atoms with Crippen molar-refractivity contribution in [3.8, 4) is 11.3 Å². The van der Waals surface area contributed by atoms with Gasteiger partial charge < -0.3 is 21.4 Å². The fourth-order valence-electron chi connectivity index (χ4n) is 2.21. The Morgan fingerprint density at radius 2 is 2.04 bits per heavy atom. The molecule has 0 fully saturated rings. The number of rotatable bonds is 6. The van der Waals surface area contributed by atoms with Gasteiger partial charge in [-0.25, -0.2) is 4.98 Å². The van der Waals surface area contributed by atoms with E-state index in [4.69, 9.17) is 17.3 Å². The van der Waals surface area contributed by atoms with Crippen LogP contribution < -0.4 is 16.4 Å². The number of H-pyrrole nitrogens is 1. The molecule has 10 heteroatoms. The number of hydrogen-bond donors (Lipinski definition) is 4. The number of aromatic nitrogens is 2. The SMILES string of the molecule is NC(=O)c1cc(-c2csc(NC(=O)CNC(=O)c3ccccc3Cl)n2)c[nH]1. The summed E-state index contributed by atoms with van der Waals surface area (Å²) < 4.78 is 0. The van der Waals surface area contributed by atoms with Crippen LogP contribution in [0.1, 0.15) is 20.8 Å². The molecule has 0 saturated heterocycles. The van der Waals surface area contributed by atoms with Crippen LogP contribution in [0, 0.1) is 0 Å². The third-order valence-corrected chi connectivity index (χ3v) is 4.61. The number of nitrogens with two attached hydrogens (primary N) is 1. The Labute approximate surface area is 162 Å². The van der Waals surface area contributed by atoms with E-state index < -0.39 is 17.7 Å². The average molecular weight is 404 g/mol. The predicted molar refractivity (Wildman–Crippen MR) is 103 cm³/mol. The number of thiazole rings is 1. The molecule has 5 N–H and O–H groups in total. The van der Waals surface area contributed by atoms with Gasteiger partial charge in [0.15, 0.2) is 5.13 Å². The van der Waals surface area contributed by atoms with E-state index in [1.165, 1.54) is 11.3 Å². The van der Waals surface area contributed by atoms with Gasteiger partial charge in [0.05, 0.1) is 22.8 Å². The number of carbonyl (C=O) groups is 3. The monoisotopic (exact) mass is 403 g/mol. The largest absolute Gasteiger partial charge is 0.364 e. The maximum absolute atomic E-state index is 12.0. The van der Waals surface area contributed by atoms with Gasteiger partial charge in [-0.1, -0.05) is 23.7 Å². The number of aromatic amines is 1. The normalized spacial score (nSPS) is 10.4. The molecule has 138 valence electrons. The van der Waals surface area contributed by atoms with E-state index in [9.17, 15) is 14.4 Å². The summed E-state index contributed by atoms with van der Waals surface area (Å²) in [4.78, 5) is 42.2. The fourth-order valence-corrected chi connectivity index (χ4v) is 3.17. The fraction of sp³-hybridized carbons (Fsp3) is 0.0588. The number of amides is 3. The molecule has 0 unspecified atom stereocenters. The molecular formula is C17H14ClN5O3S. The molecule has 0 atom stereocenters. The molecule has 3 aromatic rings. The van der Waals surface area contributed by atoms with Crippen molar-refractivity contribution in [3.05, 3.63) is 58.2 Å². The smallest absolute Gasteiger partial charge is 0.265 e. The summed E-state index contributed by atoms with van der Waals surface area (Å²) in [6.45, 7) is -0.227. The van der Waals surface area contributed by atoms with Crippen LogP contribution in [0.25, 0.3) is 11.3 Å². The minimum atomic E-state index is -0.570. The summed E-state index contributed by atoms with van der Waals surface area (Å²) in [6, 6.07) is 8.14. The number of benzene rings is 1. The van der Waals surface area contributed by atoms with Crippen LogP contribution in [-0.4, -0.2) is 34.2 Å². The lowest BCUT2D eigenvalue weighted by molar-refractivity contribution is -0.115. The van der Waals surface area contributed by atoms with E-state index in [0.29, 0.717) is 27.0 Å². The van der Waals surface area contributed by atoms with Crippen LogP contribution in [0.3, 0.4) is 0 Å². The van der Waals surface area contributed by atoms with Crippen molar-refractivity contribution in [1.82, 2.24) is 15.3 Å². The van der Waals surface area contributed by atoms with Crippen molar-refractivity contribution in [2.45, 2.75) is 0 Å². The van der Waals surface area contributed by atoms with E-state index in [1.54, 1.807) is 41.9 Å². The average Bonchev–Trinajstić information content (AvgIpc) is 3.29. The van der Waals surface area contributed by atoms with Crippen molar-refractivity contribution in [2.24, 2.45) is 5.73 Å². The molecule has 2 heterocycles. The zero-order valence-electron chi connectivity index (χ0n) is 13.8. The second kappa shape index (κ2) is 8.02. The van der Waals surface area contributed by atoms with Gasteiger partial charge in [0, 0.05) is 17.1 Å². The number of halogens is 1. The van der Waals surface area contributed by atoms with Crippen molar-refractivity contribution in [3.63, 3.8) is 0 Å². The van der Waals surface area contributed by atoms with Crippen LogP contribution in [0.15, 0.2) is 41.9 Å². The first-order chi connectivity index (χ1) is 12.9. The third-order valence-electron chi connectivity index (χ3n) is 3.52. The van der Waals surface area contributed by atoms with E-state index >= 15 is 0 Å². The summed E-state index contributed by atoms with van der Waals surface area (Å²) in [5, 5.41) is 7.50. The Bertz CT molecular complexity index is 1010. The van der Waals surface area contributed by atoms with E-state index in [1.807, 2.05) is 0 Å². The highest BCUT2D eigenvalue weighted by molar-refractivity contribution is 7.14. The molecule has 2 aromatic heterocycles. The Morgan fingerprint density at radius 3 is 2.74 bits per heavy atom. The minimum absolute atomic E-state index is 0.227. The van der Waals surface area contributed by atoms with Crippen molar-refractivity contribution in [1.29, 1.82) is 0 Å². The lowest BCUT2D eigenvalue weighted by atomic mass is 10.2. The lowest BCUT2D eigenvalue weighted by Gasteiger charge is -2.06. The molecule has 0 bridgehead atoms. The van der Waals surface area contributed by atoms with Crippen molar-refractivity contribution >= 4 is 45.8 Å². The number of anilines is 1. The molecule has 8 nitrogen and oxygen atoms in total. The van der Waals surface area contributed by atoms with Gasteiger partial charge >= 0.3 is 0 Å². The molecule has 0 spiro atoms. The molecule has 0 radical (unpaired) electrons. The van der Waals surface area contributed by atoms with Gasteiger partial charge in [-0.3, -0.25) is 14.4 Å². The Kier molecular flexibility index (Phi) is 5.53. The number of carbonyl (C=O) groups excluding carboxylic acids is 3. The first-order valence-electron chi connectivity index (χ1n) is 7.70. The highest BCUT2D eigenvalue weighted by Crippen LogP contribution is 2.25. The maximum atomic E-state index is 12.0. The molecule has 0 aliphatic rings. The van der Waals surface area contributed by atoms with Gasteiger partial charge in [-0.15, -0.1) is 11.3 Å². The van der Waals surface area contributed by atoms with Crippen molar-refractivity contribution < 1.29 is 14.4 Å². The minimum Gasteiger partial charge on any atom is -0.364 e. The first kappa shape index (κ1) is 18.6. The second-order valence-electron chi connectivity index (χ2n) is 5.41. The highest BCUT2D eigenvalue weighted by atomic mass is 35.5. The van der Waals surface area contributed by atoms with E-state index in [2.05, 4.69) is 20.6 Å². The van der Waals surface area contributed by atoms with E-state index in [-0.39, 0.29) is 12.2 Å². The molecule has 3 amide bonds.